The van der Waals surface area contributed by atoms with Crippen LogP contribution in [0, 0.1) is 0 Å². The smallest absolute Gasteiger partial charge is 0.322 e. The first kappa shape index (κ1) is 13.9. The summed E-state index contributed by atoms with van der Waals surface area (Å²) in [6.45, 7) is 0.00267. The second-order valence-corrected chi connectivity index (χ2v) is 5.50. The van der Waals surface area contributed by atoms with Gasteiger partial charge in [0.25, 0.3) is 5.91 Å². The minimum absolute atomic E-state index is 0.00267. The Kier molecular flexibility index (Phi) is 4.03. The zero-order valence-electron chi connectivity index (χ0n) is 12.2. The molecule has 6 heteroatoms. The molecule has 0 unspecified atom stereocenters. The van der Waals surface area contributed by atoms with Crippen molar-refractivity contribution in [3.05, 3.63) is 24.4 Å². The highest BCUT2D eigenvalue weighted by Gasteiger charge is 2.22. The zero-order chi connectivity index (χ0) is 14.7. The molecule has 1 saturated carbocycles. The summed E-state index contributed by atoms with van der Waals surface area (Å²) >= 11 is 0. The van der Waals surface area contributed by atoms with Crippen LogP contribution >= 0.6 is 0 Å². The molecule has 0 atom stereocenters. The Morgan fingerprint density at radius 2 is 2.14 bits per heavy atom. The number of hydrogen-bond acceptors (Lipinski definition) is 4. The molecule has 2 heterocycles. The largest absolute Gasteiger partial charge is 0.453 e. The maximum Gasteiger partial charge on any atom is 0.322 e. The first-order valence-corrected chi connectivity index (χ1v) is 7.44. The summed E-state index contributed by atoms with van der Waals surface area (Å²) in [5, 5.41) is 7.95. The SMILES string of the molecule is CN(C(=O)COc1nnc2ccccn12)C1CCCCC1. The standard InChI is InChI=1S/C15H20N4O2/c1-18(12-7-3-2-4-8-12)14(20)11-21-15-17-16-13-9-5-6-10-19(13)15/h5-6,9-10,12H,2-4,7-8,11H2,1H3. The molecule has 1 amide bonds. The van der Waals surface area contributed by atoms with Gasteiger partial charge in [0.15, 0.2) is 12.3 Å². The van der Waals surface area contributed by atoms with E-state index in [4.69, 9.17) is 4.74 Å². The van der Waals surface area contributed by atoms with Crippen molar-refractivity contribution in [2.45, 2.75) is 38.1 Å². The van der Waals surface area contributed by atoms with Gasteiger partial charge in [0.1, 0.15) is 0 Å². The van der Waals surface area contributed by atoms with E-state index in [0.717, 1.165) is 12.8 Å². The molecule has 1 aliphatic carbocycles. The fraction of sp³-hybridized carbons (Fsp3) is 0.533. The second-order valence-electron chi connectivity index (χ2n) is 5.50. The Balaban J connectivity index is 1.60. The Morgan fingerprint density at radius 3 is 2.95 bits per heavy atom. The molecule has 0 radical (unpaired) electrons. The van der Waals surface area contributed by atoms with Gasteiger partial charge in [-0.3, -0.25) is 9.20 Å². The quantitative estimate of drug-likeness (QED) is 0.862. The zero-order valence-corrected chi connectivity index (χ0v) is 12.2. The first-order valence-electron chi connectivity index (χ1n) is 7.44. The normalized spacial score (nSPS) is 16.0. The van der Waals surface area contributed by atoms with Crippen LogP contribution in [0.1, 0.15) is 32.1 Å². The van der Waals surface area contributed by atoms with Crippen LogP contribution in [-0.2, 0) is 4.79 Å². The van der Waals surface area contributed by atoms with Crippen LogP contribution in [0.2, 0.25) is 0 Å². The number of carbonyl (C=O) groups is 1. The monoisotopic (exact) mass is 288 g/mol. The van der Waals surface area contributed by atoms with Gasteiger partial charge in [-0.15, -0.1) is 5.10 Å². The summed E-state index contributed by atoms with van der Waals surface area (Å²) in [5.41, 5.74) is 0.709. The van der Waals surface area contributed by atoms with Crippen molar-refractivity contribution in [2.75, 3.05) is 13.7 Å². The molecule has 0 N–H and O–H groups in total. The van der Waals surface area contributed by atoms with E-state index in [9.17, 15) is 4.79 Å². The predicted octanol–water partition coefficient (Wildman–Crippen LogP) is 1.90. The molecule has 112 valence electrons. The third-order valence-corrected chi connectivity index (χ3v) is 4.12. The number of hydrogen-bond donors (Lipinski definition) is 0. The van der Waals surface area contributed by atoms with E-state index in [0.29, 0.717) is 17.7 Å². The van der Waals surface area contributed by atoms with Gasteiger partial charge < -0.3 is 9.64 Å². The molecule has 2 aromatic heterocycles. The molecule has 0 aromatic carbocycles. The number of ether oxygens (including phenoxy) is 1. The van der Waals surface area contributed by atoms with E-state index in [-0.39, 0.29) is 12.5 Å². The van der Waals surface area contributed by atoms with E-state index >= 15 is 0 Å². The lowest BCUT2D eigenvalue weighted by Crippen LogP contribution is -2.40. The van der Waals surface area contributed by atoms with Crippen molar-refractivity contribution in [2.24, 2.45) is 0 Å². The summed E-state index contributed by atoms with van der Waals surface area (Å²) in [5.74, 6) is -0.00502. The number of amides is 1. The van der Waals surface area contributed by atoms with E-state index in [2.05, 4.69) is 10.2 Å². The number of aromatic nitrogens is 3. The molecule has 0 aliphatic heterocycles. The average Bonchev–Trinajstić information content (AvgIpc) is 2.96. The van der Waals surface area contributed by atoms with Crippen LogP contribution < -0.4 is 4.74 Å². The Hall–Kier alpha value is -2.11. The molecule has 2 aromatic rings. The fourth-order valence-electron chi connectivity index (χ4n) is 2.82. The molecule has 3 rings (SSSR count). The predicted molar refractivity (Wildman–Crippen MR) is 78.1 cm³/mol. The number of nitrogens with zero attached hydrogens (tertiary/aromatic N) is 4. The van der Waals surface area contributed by atoms with Crippen LogP contribution in [0.5, 0.6) is 6.01 Å². The van der Waals surface area contributed by atoms with Crippen molar-refractivity contribution in [1.29, 1.82) is 0 Å². The fourth-order valence-corrected chi connectivity index (χ4v) is 2.82. The highest BCUT2D eigenvalue weighted by Crippen LogP contribution is 2.21. The lowest BCUT2D eigenvalue weighted by molar-refractivity contribution is -0.134. The molecule has 21 heavy (non-hydrogen) atoms. The molecular weight excluding hydrogens is 268 g/mol. The van der Waals surface area contributed by atoms with Gasteiger partial charge in [-0.1, -0.05) is 30.4 Å². The van der Waals surface area contributed by atoms with E-state index in [1.54, 1.807) is 4.40 Å². The topological polar surface area (TPSA) is 59.7 Å². The first-order chi connectivity index (χ1) is 10.3. The van der Waals surface area contributed by atoms with Crippen molar-refractivity contribution in [1.82, 2.24) is 19.5 Å². The Bertz CT molecular complexity index is 619. The lowest BCUT2D eigenvalue weighted by atomic mass is 9.94. The van der Waals surface area contributed by atoms with Crippen LogP contribution in [0.25, 0.3) is 5.65 Å². The minimum Gasteiger partial charge on any atom is -0.453 e. The summed E-state index contributed by atoms with van der Waals surface area (Å²) in [6, 6.07) is 6.31. The number of carbonyl (C=O) groups excluding carboxylic acids is 1. The molecule has 6 nitrogen and oxygen atoms in total. The minimum atomic E-state index is -0.00502. The number of pyridine rings is 1. The van der Waals surface area contributed by atoms with E-state index in [1.807, 2.05) is 36.3 Å². The maximum absolute atomic E-state index is 12.2. The van der Waals surface area contributed by atoms with Crippen molar-refractivity contribution in [3.63, 3.8) is 0 Å². The van der Waals surface area contributed by atoms with Gasteiger partial charge in [0.05, 0.1) is 0 Å². The van der Waals surface area contributed by atoms with Gasteiger partial charge in [-0.05, 0) is 25.0 Å². The molecule has 1 fully saturated rings. The van der Waals surface area contributed by atoms with Gasteiger partial charge in [-0.2, -0.15) is 0 Å². The van der Waals surface area contributed by atoms with Crippen LogP contribution in [0.15, 0.2) is 24.4 Å². The summed E-state index contributed by atoms with van der Waals surface area (Å²) in [7, 11) is 1.86. The average molecular weight is 288 g/mol. The molecule has 1 aliphatic rings. The van der Waals surface area contributed by atoms with Crippen LogP contribution in [-0.4, -0.2) is 45.1 Å². The summed E-state index contributed by atoms with van der Waals surface area (Å²) in [6.07, 6.45) is 7.70. The number of fused-ring (bicyclic) bond motifs is 1. The molecule has 0 bridgehead atoms. The van der Waals surface area contributed by atoms with Gasteiger partial charge in [-0.25, -0.2) is 0 Å². The highest BCUT2D eigenvalue weighted by atomic mass is 16.5. The second kappa shape index (κ2) is 6.11. The van der Waals surface area contributed by atoms with E-state index in [1.165, 1.54) is 19.3 Å². The highest BCUT2D eigenvalue weighted by molar-refractivity contribution is 5.77. The van der Waals surface area contributed by atoms with Gasteiger partial charge >= 0.3 is 6.01 Å². The van der Waals surface area contributed by atoms with Crippen LogP contribution in [0.4, 0.5) is 0 Å². The van der Waals surface area contributed by atoms with Gasteiger partial charge in [0.2, 0.25) is 0 Å². The summed E-state index contributed by atoms with van der Waals surface area (Å²) in [4.78, 5) is 14.0. The lowest BCUT2D eigenvalue weighted by Gasteiger charge is -2.31. The van der Waals surface area contributed by atoms with Crippen molar-refractivity contribution < 1.29 is 9.53 Å². The Labute approximate surface area is 123 Å². The summed E-state index contributed by atoms with van der Waals surface area (Å²) < 4.78 is 7.26. The maximum atomic E-state index is 12.2. The Morgan fingerprint density at radius 1 is 1.33 bits per heavy atom. The number of rotatable bonds is 4. The molecule has 0 saturated heterocycles. The number of likely N-dealkylation sites (N-methyl/N-ethyl adjacent to an activating group) is 1. The molecular formula is C15H20N4O2. The van der Waals surface area contributed by atoms with E-state index < -0.39 is 0 Å². The van der Waals surface area contributed by atoms with Crippen molar-refractivity contribution in [3.8, 4) is 6.01 Å². The third-order valence-electron chi connectivity index (χ3n) is 4.12. The third kappa shape index (κ3) is 2.99. The van der Waals surface area contributed by atoms with Gasteiger partial charge in [0, 0.05) is 19.3 Å². The van der Waals surface area contributed by atoms with Crippen molar-refractivity contribution >= 4 is 11.6 Å². The van der Waals surface area contributed by atoms with Crippen LogP contribution in [0.3, 0.4) is 0 Å². The molecule has 0 spiro atoms.